The first-order chi connectivity index (χ1) is 9.76. The Morgan fingerprint density at radius 3 is 2.70 bits per heavy atom. The first kappa shape index (κ1) is 13.7. The average Bonchev–Trinajstić information content (AvgIpc) is 3.19. The first-order valence-corrected chi connectivity index (χ1v) is 7.56. The van der Waals surface area contributed by atoms with E-state index >= 15 is 0 Å². The van der Waals surface area contributed by atoms with E-state index in [4.69, 9.17) is 16.0 Å². The van der Waals surface area contributed by atoms with Gasteiger partial charge in [0.1, 0.15) is 5.76 Å². The monoisotopic (exact) mass is 290 g/mol. The largest absolute Gasteiger partial charge is 0.444 e. The van der Waals surface area contributed by atoms with Gasteiger partial charge in [-0.3, -0.25) is 0 Å². The molecule has 0 spiro atoms. The van der Waals surface area contributed by atoms with Crippen LogP contribution in [0.1, 0.15) is 43.0 Å². The third-order valence-corrected chi connectivity index (χ3v) is 4.00. The van der Waals surface area contributed by atoms with Crippen LogP contribution in [-0.2, 0) is 13.0 Å². The van der Waals surface area contributed by atoms with E-state index in [1.807, 2.05) is 18.3 Å². The number of halogens is 1. The molecule has 1 unspecified atom stereocenters. The molecule has 106 valence electrons. The minimum Gasteiger partial charge on any atom is -0.444 e. The molecule has 1 aromatic heterocycles. The Hall–Kier alpha value is -1.32. The number of hydrogen-bond acceptors (Lipinski definition) is 3. The van der Waals surface area contributed by atoms with Crippen molar-refractivity contribution in [3.05, 3.63) is 52.7 Å². The van der Waals surface area contributed by atoms with Crippen LogP contribution in [0, 0.1) is 5.92 Å². The van der Waals surface area contributed by atoms with Crippen molar-refractivity contribution in [3.63, 3.8) is 0 Å². The molecular weight excluding hydrogens is 272 g/mol. The van der Waals surface area contributed by atoms with Crippen molar-refractivity contribution >= 4 is 11.6 Å². The van der Waals surface area contributed by atoms with Crippen molar-refractivity contribution in [1.82, 2.24) is 10.3 Å². The van der Waals surface area contributed by atoms with Gasteiger partial charge in [0.15, 0.2) is 0 Å². The topological polar surface area (TPSA) is 38.1 Å². The lowest BCUT2D eigenvalue weighted by atomic mass is 10.0. The van der Waals surface area contributed by atoms with Crippen molar-refractivity contribution in [2.24, 2.45) is 5.92 Å². The Balaban J connectivity index is 1.67. The molecule has 0 saturated heterocycles. The van der Waals surface area contributed by atoms with Gasteiger partial charge in [0.2, 0.25) is 5.89 Å². The molecule has 0 aliphatic heterocycles. The highest BCUT2D eigenvalue weighted by atomic mass is 35.5. The van der Waals surface area contributed by atoms with Crippen LogP contribution in [-0.4, -0.2) is 4.98 Å². The van der Waals surface area contributed by atoms with Crippen LogP contribution in [0.15, 0.2) is 34.9 Å². The van der Waals surface area contributed by atoms with Crippen molar-refractivity contribution in [2.45, 2.75) is 38.8 Å². The average molecular weight is 291 g/mol. The molecule has 1 aliphatic rings. The number of nitrogens with one attached hydrogen (secondary N) is 1. The lowest BCUT2D eigenvalue weighted by Gasteiger charge is -2.18. The third-order valence-electron chi connectivity index (χ3n) is 3.75. The summed E-state index contributed by atoms with van der Waals surface area (Å²) in [7, 11) is 0. The van der Waals surface area contributed by atoms with Crippen LogP contribution in [0.2, 0.25) is 5.02 Å². The second kappa shape index (κ2) is 5.98. The number of oxazole rings is 1. The van der Waals surface area contributed by atoms with Gasteiger partial charge < -0.3 is 9.73 Å². The van der Waals surface area contributed by atoms with Crippen molar-refractivity contribution < 1.29 is 4.42 Å². The predicted molar refractivity (Wildman–Crippen MR) is 79.6 cm³/mol. The molecule has 1 atom stereocenters. The number of hydrogen-bond donors (Lipinski definition) is 1. The summed E-state index contributed by atoms with van der Waals surface area (Å²) >= 11 is 5.96. The molecule has 3 rings (SSSR count). The smallest absolute Gasteiger partial charge is 0.208 e. The molecule has 1 N–H and O–H groups in total. The molecule has 1 fully saturated rings. The van der Waals surface area contributed by atoms with Gasteiger partial charge in [-0.2, -0.15) is 0 Å². The molecule has 1 saturated carbocycles. The maximum absolute atomic E-state index is 5.96. The summed E-state index contributed by atoms with van der Waals surface area (Å²) in [5.74, 6) is 2.43. The Morgan fingerprint density at radius 2 is 2.10 bits per heavy atom. The van der Waals surface area contributed by atoms with E-state index in [0.29, 0.717) is 12.6 Å². The van der Waals surface area contributed by atoms with E-state index in [0.717, 1.165) is 29.0 Å². The zero-order valence-electron chi connectivity index (χ0n) is 11.6. The summed E-state index contributed by atoms with van der Waals surface area (Å²) in [6.45, 7) is 2.74. The molecular formula is C16H19ClN2O. The highest BCUT2D eigenvalue weighted by Gasteiger charge is 2.32. The second-order valence-electron chi connectivity index (χ2n) is 5.32. The quantitative estimate of drug-likeness (QED) is 0.869. The van der Waals surface area contributed by atoms with E-state index in [1.54, 1.807) is 0 Å². The summed E-state index contributed by atoms with van der Waals surface area (Å²) in [4.78, 5) is 4.30. The molecule has 1 heterocycles. The van der Waals surface area contributed by atoms with Gasteiger partial charge in [-0.25, -0.2) is 4.98 Å². The van der Waals surface area contributed by atoms with Crippen LogP contribution in [0.4, 0.5) is 0 Å². The van der Waals surface area contributed by atoms with E-state index in [1.165, 1.54) is 18.4 Å². The zero-order chi connectivity index (χ0) is 13.9. The van der Waals surface area contributed by atoms with E-state index in [-0.39, 0.29) is 0 Å². The van der Waals surface area contributed by atoms with Crippen molar-refractivity contribution in [1.29, 1.82) is 0 Å². The van der Waals surface area contributed by atoms with Crippen molar-refractivity contribution in [2.75, 3.05) is 0 Å². The normalized spacial score (nSPS) is 16.3. The Morgan fingerprint density at radius 1 is 1.35 bits per heavy atom. The number of rotatable bonds is 6. The lowest BCUT2D eigenvalue weighted by molar-refractivity contribution is 0.402. The van der Waals surface area contributed by atoms with E-state index < -0.39 is 0 Å². The molecule has 20 heavy (non-hydrogen) atoms. The van der Waals surface area contributed by atoms with Gasteiger partial charge in [-0.05, 0) is 36.5 Å². The van der Waals surface area contributed by atoms with Gasteiger partial charge in [0.05, 0.1) is 12.7 Å². The third kappa shape index (κ3) is 3.22. The fourth-order valence-corrected chi connectivity index (χ4v) is 2.57. The second-order valence-corrected chi connectivity index (χ2v) is 5.76. The van der Waals surface area contributed by atoms with E-state index in [9.17, 15) is 0 Å². The number of aromatic nitrogens is 1. The Kier molecular flexibility index (Phi) is 4.08. The minimum absolute atomic E-state index is 0.365. The SMILES string of the molecule is CCc1cnc(CNC(c2ccc(Cl)cc2)C2CC2)o1. The maximum atomic E-state index is 5.96. The molecule has 0 bridgehead atoms. The van der Waals surface area contributed by atoms with Crippen LogP contribution in [0.3, 0.4) is 0 Å². The van der Waals surface area contributed by atoms with Gasteiger partial charge in [-0.1, -0.05) is 30.7 Å². The maximum Gasteiger partial charge on any atom is 0.208 e. The number of benzene rings is 1. The van der Waals surface area contributed by atoms with Crippen LogP contribution >= 0.6 is 11.6 Å². The summed E-state index contributed by atoms with van der Waals surface area (Å²) < 4.78 is 5.64. The Labute approximate surface area is 124 Å². The fraction of sp³-hybridized carbons (Fsp3) is 0.438. The van der Waals surface area contributed by atoms with Crippen LogP contribution in [0.5, 0.6) is 0 Å². The van der Waals surface area contributed by atoms with Gasteiger partial charge in [0, 0.05) is 17.5 Å². The summed E-state index contributed by atoms with van der Waals surface area (Å²) in [5, 5.41) is 4.35. The molecule has 4 heteroatoms. The zero-order valence-corrected chi connectivity index (χ0v) is 12.4. The lowest BCUT2D eigenvalue weighted by Crippen LogP contribution is -2.22. The van der Waals surface area contributed by atoms with Crippen molar-refractivity contribution in [3.8, 4) is 0 Å². The van der Waals surface area contributed by atoms with Gasteiger partial charge >= 0.3 is 0 Å². The predicted octanol–water partition coefficient (Wildman–Crippen LogP) is 4.13. The highest BCUT2D eigenvalue weighted by molar-refractivity contribution is 6.30. The Bertz CT molecular complexity index is 560. The summed E-state index contributed by atoms with van der Waals surface area (Å²) in [5.41, 5.74) is 1.29. The number of aryl methyl sites for hydroxylation is 1. The number of nitrogens with zero attached hydrogens (tertiary/aromatic N) is 1. The van der Waals surface area contributed by atoms with Gasteiger partial charge in [0.25, 0.3) is 0 Å². The van der Waals surface area contributed by atoms with Crippen LogP contribution in [0.25, 0.3) is 0 Å². The first-order valence-electron chi connectivity index (χ1n) is 7.18. The molecule has 1 aromatic carbocycles. The molecule has 3 nitrogen and oxygen atoms in total. The molecule has 1 aliphatic carbocycles. The highest BCUT2D eigenvalue weighted by Crippen LogP contribution is 2.41. The molecule has 0 radical (unpaired) electrons. The van der Waals surface area contributed by atoms with E-state index in [2.05, 4.69) is 29.4 Å². The fourth-order valence-electron chi connectivity index (χ4n) is 2.45. The molecule has 2 aromatic rings. The van der Waals surface area contributed by atoms with Gasteiger partial charge in [-0.15, -0.1) is 0 Å². The summed E-state index contributed by atoms with van der Waals surface area (Å²) in [6.07, 6.45) is 5.26. The van der Waals surface area contributed by atoms with Crippen LogP contribution < -0.4 is 5.32 Å². The minimum atomic E-state index is 0.365. The molecule has 0 amide bonds. The standard InChI is InChI=1S/C16H19ClN2O/c1-2-14-9-18-15(20-14)10-19-16(11-3-4-11)12-5-7-13(17)8-6-12/h5-9,11,16,19H,2-4,10H2,1H3. The summed E-state index contributed by atoms with van der Waals surface area (Å²) in [6, 6.07) is 8.48.